The number of nitriles is 1. The lowest BCUT2D eigenvalue weighted by Gasteiger charge is -2.04. The number of nitrogens with one attached hydrogen (secondary N) is 1. The van der Waals surface area contributed by atoms with Crippen molar-refractivity contribution in [3.63, 3.8) is 0 Å². The predicted molar refractivity (Wildman–Crippen MR) is 94.2 cm³/mol. The summed E-state index contributed by atoms with van der Waals surface area (Å²) < 4.78 is 6.76. The van der Waals surface area contributed by atoms with E-state index in [0.717, 1.165) is 15.8 Å². The molecule has 3 rings (SSSR count). The lowest BCUT2D eigenvalue weighted by Crippen LogP contribution is -2.22. The molecule has 4 nitrogen and oxygen atoms in total. The van der Waals surface area contributed by atoms with Gasteiger partial charge < -0.3 is 9.73 Å². The van der Waals surface area contributed by atoms with Gasteiger partial charge >= 0.3 is 0 Å². The van der Waals surface area contributed by atoms with Crippen molar-refractivity contribution in [3.8, 4) is 17.4 Å². The number of furan rings is 1. The Balaban J connectivity index is 1.66. The Morgan fingerprint density at radius 3 is 2.67 bits per heavy atom. The monoisotopic (exact) mass is 380 g/mol. The fraction of sp³-hybridized carbons (Fsp3) is 0.0526. The van der Waals surface area contributed by atoms with E-state index in [1.54, 1.807) is 24.3 Å². The van der Waals surface area contributed by atoms with Crippen molar-refractivity contribution < 1.29 is 9.21 Å². The normalized spacial score (nSPS) is 10.2. The first-order valence-electron chi connectivity index (χ1n) is 7.29. The van der Waals surface area contributed by atoms with Crippen LogP contribution in [0.2, 0.25) is 0 Å². The van der Waals surface area contributed by atoms with E-state index in [-0.39, 0.29) is 12.5 Å². The van der Waals surface area contributed by atoms with E-state index < -0.39 is 0 Å². The summed E-state index contributed by atoms with van der Waals surface area (Å²) in [6, 6.07) is 20.1. The van der Waals surface area contributed by atoms with E-state index in [1.807, 2.05) is 42.5 Å². The second-order valence-electron chi connectivity index (χ2n) is 5.15. The summed E-state index contributed by atoms with van der Waals surface area (Å²) in [5.41, 5.74) is 1.88. The minimum absolute atomic E-state index is 0.242. The predicted octanol–water partition coefficient (Wildman–Crippen LogP) is 4.51. The number of amides is 1. The zero-order valence-corrected chi connectivity index (χ0v) is 14.2. The van der Waals surface area contributed by atoms with Crippen LogP contribution in [0, 0.1) is 11.3 Å². The van der Waals surface area contributed by atoms with E-state index in [0.29, 0.717) is 16.9 Å². The van der Waals surface area contributed by atoms with Gasteiger partial charge in [-0.05, 0) is 42.5 Å². The zero-order chi connectivity index (χ0) is 16.9. The third-order valence-corrected chi connectivity index (χ3v) is 4.00. The molecule has 0 aliphatic carbocycles. The molecule has 24 heavy (non-hydrogen) atoms. The van der Waals surface area contributed by atoms with E-state index in [1.165, 1.54) is 0 Å². The summed E-state index contributed by atoms with van der Waals surface area (Å²) >= 11 is 3.40. The molecule has 118 valence electrons. The van der Waals surface area contributed by atoms with Crippen LogP contribution in [0.5, 0.6) is 0 Å². The Labute approximate surface area is 147 Å². The van der Waals surface area contributed by atoms with Gasteiger partial charge in [-0.3, -0.25) is 4.79 Å². The standard InChI is InChI=1S/C19H13BrN2O2/c20-16-6-4-14(5-7-16)18-9-8-17(24-18)12-22-19(23)15-3-1-2-13(10-15)11-21/h1-10H,12H2,(H,22,23). The fourth-order valence-corrected chi connectivity index (χ4v) is 2.51. The maximum Gasteiger partial charge on any atom is 0.251 e. The van der Waals surface area contributed by atoms with Crippen LogP contribution in [-0.2, 0) is 6.54 Å². The van der Waals surface area contributed by atoms with Gasteiger partial charge in [-0.15, -0.1) is 0 Å². The maximum absolute atomic E-state index is 12.1. The van der Waals surface area contributed by atoms with Gasteiger partial charge in [-0.1, -0.05) is 34.1 Å². The average molecular weight is 381 g/mol. The summed E-state index contributed by atoms with van der Waals surface area (Å²) in [4.78, 5) is 12.1. The Morgan fingerprint density at radius 2 is 1.92 bits per heavy atom. The number of hydrogen-bond donors (Lipinski definition) is 1. The molecule has 0 radical (unpaired) electrons. The molecule has 0 spiro atoms. The highest BCUT2D eigenvalue weighted by atomic mass is 79.9. The maximum atomic E-state index is 12.1. The molecule has 0 aliphatic heterocycles. The SMILES string of the molecule is N#Cc1cccc(C(=O)NCc2ccc(-c3ccc(Br)cc3)o2)c1. The molecule has 1 aromatic heterocycles. The quantitative estimate of drug-likeness (QED) is 0.723. The van der Waals surface area contributed by atoms with Crippen molar-refractivity contribution >= 4 is 21.8 Å². The van der Waals surface area contributed by atoms with Gasteiger partial charge in [0.1, 0.15) is 11.5 Å². The molecule has 1 amide bonds. The van der Waals surface area contributed by atoms with Crippen LogP contribution in [0.15, 0.2) is 69.6 Å². The topological polar surface area (TPSA) is 66.0 Å². The summed E-state index contributed by atoms with van der Waals surface area (Å²) in [7, 11) is 0. The average Bonchev–Trinajstić information content (AvgIpc) is 3.09. The van der Waals surface area contributed by atoms with Gasteiger partial charge in [0.05, 0.1) is 18.2 Å². The lowest BCUT2D eigenvalue weighted by molar-refractivity contribution is 0.0948. The molecule has 0 atom stereocenters. The Kier molecular flexibility index (Phi) is 4.78. The fourth-order valence-electron chi connectivity index (χ4n) is 2.24. The first-order chi connectivity index (χ1) is 11.7. The molecule has 3 aromatic rings. The number of halogens is 1. The number of carbonyl (C=O) groups excluding carboxylic acids is 1. The molecule has 0 aliphatic rings. The second kappa shape index (κ2) is 7.16. The Bertz CT molecular complexity index is 908. The summed E-state index contributed by atoms with van der Waals surface area (Å²) in [6.07, 6.45) is 0. The number of rotatable bonds is 4. The van der Waals surface area contributed by atoms with Crippen molar-refractivity contribution in [3.05, 3.63) is 82.0 Å². The number of carbonyl (C=O) groups is 1. The first kappa shape index (κ1) is 16.0. The van der Waals surface area contributed by atoms with Crippen LogP contribution < -0.4 is 5.32 Å². The second-order valence-corrected chi connectivity index (χ2v) is 6.06. The van der Waals surface area contributed by atoms with Crippen molar-refractivity contribution in [1.82, 2.24) is 5.32 Å². The van der Waals surface area contributed by atoms with E-state index in [4.69, 9.17) is 9.68 Å². The summed E-state index contributed by atoms with van der Waals surface area (Å²) in [6.45, 7) is 0.284. The van der Waals surface area contributed by atoms with Gasteiger partial charge in [-0.25, -0.2) is 0 Å². The minimum atomic E-state index is -0.242. The van der Waals surface area contributed by atoms with Crippen molar-refractivity contribution in [2.75, 3.05) is 0 Å². The van der Waals surface area contributed by atoms with Crippen LogP contribution in [0.1, 0.15) is 21.7 Å². The molecule has 0 saturated heterocycles. The van der Waals surface area contributed by atoms with Crippen LogP contribution in [0.3, 0.4) is 0 Å². The molecule has 0 bridgehead atoms. The highest BCUT2D eigenvalue weighted by Gasteiger charge is 2.09. The number of hydrogen-bond acceptors (Lipinski definition) is 3. The highest BCUT2D eigenvalue weighted by Crippen LogP contribution is 2.24. The molecule has 0 fully saturated rings. The van der Waals surface area contributed by atoms with Crippen molar-refractivity contribution in [1.29, 1.82) is 5.26 Å². The van der Waals surface area contributed by atoms with E-state index >= 15 is 0 Å². The van der Waals surface area contributed by atoms with Crippen LogP contribution in [-0.4, -0.2) is 5.91 Å². The smallest absolute Gasteiger partial charge is 0.251 e. The van der Waals surface area contributed by atoms with Crippen molar-refractivity contribution in [2.45, 2.75) is 6.54 Å². The van der Waals surface area contributed by atoms with Gasteiger partial charge in [0.25, 0.3) is 5.91 Å². The van der Waals surface area contributed by atoms with Crippen LogP contribution >= 0.6 is 15.9 Å². The zero-order valence-electron chi connectivity index (χ0n) is 12.6. The molecule has 1 heterocycles. The first-order valence-corrected chi connectivity index (χ1v) is 8.08. The molecular weight excluding hydrogens is 368 g/mol. The molecule has 5 heteroatoms. The minimum Gasteiger partial charge on any atom is -0.459 e. The van der Waals surface area contributed by atoms with Gasteiger partial charge in [0.15, 0.2) is 0 Å². The number of nitrogens with zero attached hydrogens (tertiary/aromatic N) is 1. The van der Waals surface area contributed by atoms with Crippen molar-refractivity contribution in [2.24, 2.45) is 0 Å². The van der Waals surface area contributed by atoms with Gasteiger partial charge in [0, 0.05) is 15.6 Å². The van der Waals surface area contributed by atoms with Crippen LogP contribution in [0.25, 0.3) is 11.3 Å². The molecule has 1 N–H and O–H groups in total. The third kappa shape index (κ3) is 3.73. The number of benzene rings is 2. The van der Waals surface area contributed by atoms with Gasteiger partial charge in [-0.2, -0.15) is 5.26 Å². The summed E-state index contributed by atoms with van der Waals surface area (Å²) in [5, 5.41) is 11.7. The van der Waals surface area contributed by atoms with Gasteiger partial charge in [0.2, 0.25) is 0 Å². The molecular formula is C19H13BrN2O2. The molecule has 0 unspecified atom stereocenters. The van der Waals surface area contributed by atoms with E-state index in [2.05, 4.69) is 21.2 Å². The lowest BCUT2D eigenvalue weighted by atomic mass is 10.1. The third-order valence-electron chi connectivity index (χ3n) is 3.47. The summed E-state index contributed by atoms with van der Waals surface area (Å²) in [5.74, 6) is 1.17. The van der Waals surface area contributed by atoms with Crippen LogP contribution in [0.4, 0.5) is 0 Å². The molecule has 0 saturated carbocycles. The molecule has 2 aromatic carbocycles. The van der Waals surface area contributed by atoms with E-state index in [9.17, 15) is 4.79 Å². The Hall–Kier alpha value is -2.84. The Morgan fingerprint density at radius 1 is 1.12 bits per heavy atom. The highest BCUT2D eigenvalue weighted by molar-refractivity contribution is 9.10. The largest absolute Gasteiger partial charge is 0.459 e.